The minimum atomic E-state index is -0.667. The first-order valence-electron chi connectivity index (χ1n) is 7.76. The van der Waals surface area contributed by atoms with Gasteiger partial charge in [-0.3, -0.25) is 0 Å². The van der Waals surface area contributed by atoms with Gasteiger partial charge in [-0.2, -0.15) is 0 Å². The second-order valence-corrected chi connectivity index (χ2v) is 7.69. The summed E-state index contributed by atoms with van der Waals surface area (Å²) >= 11 is 1.48. The lowest BCUT2D eigenvalue weighted by Crippen LogP contribution is -2.33. The van der Waals surface area contributed by atoms with Crippen molar-refractivity contribution in [2.24, 2.45) is 0 Å². The first kappa shape index (κ1) is 19.8. The molecule has 1 N–H and O–H groups in total. The van der Waals surface area contributed by atoms with Crippen LogP contribution in [0.1, 0.15) is 41.0 Å². The average molecular weight is 345 g/mol. The number of carbonyl (C=O) groups is 2. The molecule has 132 valence electrons. The van der Waals surface area contributed by atoms with Gasteiger partial charge in [0.2, 0.25) is 0 Å². The Hall–Kier alpha value is -1.21. The Morgan fingerprint density at radius 3 is 2.70 bits per heavy atom. The quantitative estimate of drug-likeness (QED) is 0.466. The van der Waals surface area contributed by atoms with E-state index in [1.807, 2.05) is 20.8 Å². The molecule has 0 radical (unpaired) electrons. The summed E-state index contributed by atoms with van der Waals surface area (Å²) in [5.41, 5.74) is 0.444. The van der Waals surface area contributed by atoms with Crippen molar-refractivity contribution in [1.82, 2.24) is 5.32 Å². The topological polar surface area (TPSA) is 73.9 Å². The summed E-state index contributed by atoms with van der Waals surface area (Å²) in [5.74, 6) is -0.149. The predicted octanol–water partition coefficient (Wildman–Crippen LogP) is 2.87. The molecular formula is C16H27NO5S. The summed E-state index contributed by atoms with van der Waals surface area (Å²) in [6.45, 7) is 10.5. The van der Waals surface area contributed by atoms with E-state index in [9.17, 15) is 9.59 Å². The summed E-state index contributed by atoms with van der Waals surface area (Å²) < 4.78 is 15.3. The number of piperidine rings is 1. The third-order valence-electron chi connectivity index (χ3n) is 2.81. The molecule has 1 heterocycles. The van der Waals surface area contributed by atoms with E-state index in [4.69, 9.17) is 14.2 Å². The van der Waals surface area contributed by atoms with Crippen LogP contribution >= 0.6 is 11.8 Å². The van der Waals surface area contributed by atoms with Crippen molar-refractivity contribution >= 4 is 23.9 Å². The molecule has 0 spiro atoms. The molecule has 0 aromatic heterocycles. The molecule has 0 aliphatic carbocycles. The molecule has 0 bridgehead atoms. The van der Waals surface area contributed by atoms with Crippen molar-refractivity contribution in [3.63, 3.8) is 0 Å². The Balaban J connectivity index is 2.51. The highest BCUT2D eigenvalue weighted by molar-refractivity contribution is 7.99. The Morgan fingerprint density at radius 2 is 2.09 bits per heavy atom. The number of thioether (sulfide) groups is 1. The Labute approximate surface area is 142 Å². The van der Waals surface area contributed by atoms with E-state index >= 15 is 0 Å². The summed E-state index contributed by atoms with van der Waals surface area (Å²) in [6, 6.07) is 0. The number of rotatable bonds is 5. The molecule has 1 fully saturated rings. The monoisotopic (exact) mass is 345 g/mol. The summed E-state index contributed by atoms with van der Waals surface area (Å²) in [7, 11) is 0. The largest absolute Gasteiger partial charge is 0.509 e. The van der Waals surface area contributed by atoms with Gasteiger partial charge in [-0.05, 0) is 53.2 Å². The number of hydrogen-bond donors (Lipinski definition) is 1. The highest BCUT2D eigenvalue weighted by Gasteiger charge is 2.22. The first-order valence-corrected chi connectivity index (χ1v) is 8.81. The number of hydrogen-bond acceptors (Lipinski definition) is 7. The maximum Gasteiger partial charge on any atom is 0.509 e. The van der Waals surface area contributed by atoms with Gasteiger partial charge in [0.25, 0.3) is 0 Å². The van der Waals surface area contributed by atoms with Gasteiger partial charge in [-0.15, -0.1) is 11.8 Å². The normalized spacial score (nSPS) is 20.4. The van der Waals surface area contributed by atoms with Crippen LogP contribution in [0.3, 0.4) is 0 Å². The summed E-state index contributed by atoms with van der Waals surface area (Å²) in [5, 5.41) is 3.36. The molecule has 7 heteroatoms. The van der Waals surface area contributed by atoms with Crippen LogP contribution in [-0.2, 0) is 19.0 Å². The van der Waals surface area contributed by atoms with Gasteiger partial charge in [0.15, 0.2) is 0 Å². The molecule has 1 unspecified atom stereocenters. The van der Waals surface area contributed by atoms with E-state index in [1.54, 1.807) is 19.9 Å². The zero-order valence-corrected chi connectivity index (χ0v) is 15.3. The van der Waals surface area contributed by atoms with Gasteiger partial charge in [-0.1, -0.05) is 0 Å². The van der Waals surface area contributed by atoms with Crippen molar-refractivity contribution in [3.05, 3.63) is 11.6 Å². The molecule has 1 atom stereocenters. The van der Waals surface area contributed by atoms with Gasteiger partial charge in [0.1, 0.15) is 11.5 Å². The van der Waals surface area contributed by atoms with Crippen LogP contribution in [0.5, 0.6) is 0 Å². The van der Waals surface area contributed by atoms with Gasteiger partial charge < -0.3 is 19.5 Å². The maximum atomic E-state index is 11.9. The fourth-order valence-corrected chi connectivity index (χ4v) is 2.95. The fraction of sp³-hybridized carbons (Fsp3) is 0.750. The Bertz CT molecular complexity index is 442. The van der Waals surface area contributed by atoms with Crippen molar-refractivity contribution in [2.75, 3.05) is 19.0 Å². The van der Waals surface area contributed by atoms with E-state index in [0.29, 0.717) is 6.54 Å². The van der Waals surface area contributed by atoms with E-state index in [1.165, 1.54) is 11.8 Å². The summed E-state index contributed by atoms with van der Waals surface area (Å²) in [6.07, 6.45) is 1.54. The van der Waals surface area contributed by atoms with Gasteiger partial charge in [0.05, 0.1) is 6.10 Å². The smallest absolute Gasteiger partial charge is 0.457 e. The minimum absolute atomic E-state index is 0.121. The minimum Gasteiger partial charge on any atom is -0.457 e. The molecule has 1 rings (SSSR count). The van der Waals surface area contributed by atoms with Crippen LogP contribution < -0.4 is 5.32 Å². The molecule has 0 aromatic carbocycles. The van der Waals surface area contributed by atoms with Crippen LogP contribution in [0.4, 0.5) is 4.79 Å². The molecule has 1 aliphatic heterocycles. The van der Waals surface area contributed by atoms with Gasteiger partial charge in [-0.25, -0.2) is 9.59 Å². The molecule has 6 nitrogen and oxygen atoms in total. The number of esters is 1. The van der Waals surface area contributed by atoms with Gasteiger partial charge >= 0.3 is 12.1 Å². The third kappa shape index (κ3) is 8.86. The molecule has 0 saturated carbocycles. The van der Waals surface area contributed by atoms with E-state index in [0.717, 1.165) is 18.5 Å². The lowest BCUT2D eigenvalue weighted by atomic mass is 10.1. The maximum absolute atomic E-state index is 11.9. The summed E-state index contributed by atoms with van der Waals surface area (Å²) in [4.78, 5) is 23.3. The van der Waals surface area contributed by atoms with E-state index in [-0.39, 0.29) is 23.3 Å². The van der Waals surface area contributed by atoms with Crippen LogP contribution in [0.15, 0.2) is 11.6 Å². The Kier molecular flexibility index (Phi) is 7.91. The second kappa shape index (κ2) is 9.17. The Morgan fingerprint density at radius 1 is 1.39 bits per heavy atom. The average Bonchev–Trinajstić information content (AvgIpc) is 2.37. The predicted molar refractivity (Wildman–Crippen MR) is 90.4 cm³/mol. The van der Waals surface area contributed by atoms with E-state index in [2.05, 4.69) is 5.32 Å². The van der Waals surface area contributed by atoms with Crippen LogP contribution in [0, 0.1) is 0 Å². The van der Waals surface area contributed by atoms with Crippen LogP contribution in [0.25, 0.3) is 0 Å². The zero-order valence-electron chi connectivity index (χ0n) is 14.5. The van der Waals surface area contributed by atoms with Crippen LogP contribution in [0.2, 0.25) is 0 Å². The highest BCUT2D eigenvalue weighted by atomic mass is 32.2. The molecule has 1 saturated heterocycles. The number of carbonyl (C=O) groups excluding carboxylic acids is 2. The van der Waals surface area contributed by atoms with Crippen molar-refractivity contribution < 1.29 is 23.8 Å². The van der Waals surface area contributed by atoms with Crippen LogP contribution in [-0.4, -0.2) is 48.1 Å². The number of nitrogens with one attached hydrogen (secondary N) is 1. The molecule has 0 amide bonds. The molecule has 1 aliphatic rings. The lowest BCUT2D eigenvalue weighted by Gasteiger charge is -2.26. The number of ether oxygens (including phenoxy) is 3. The van der Waals surface area contributed by atoms with Crippen molar-refractivity contribution in [1.29, 1.82) is 0 Å². The van der Waals surface area contributed by atoms with Crippen molar-refractivity contribution in [3.8, 4) is 0 Å². The molecule has 0 aromatic rings. The van der Waals surface area contributed by atoms with Crippen molar-refractivity contribution in [2.45, 2.75) is 58.0 Å². The highest BCUT2D eigenvalue weighted by Crippen LogP contribution is 2.25. The third-order valence-corrected chi connectivity index (χ3v) is 4.01. The molecule has 23 heavy (non-hydrogen) atoms. The second-order valence-electron chi connectivity index (χ2n) is 6.55. The first-order chi connectivity index (χ1) is 10.7. The lowest BCUT2D eigenvalue weighted by molar-refractivity contribution is -0.148. The standard InChI is InChI=1S/C16H27NO5S/c1-11(2)21-15(19)20-10-23-13-6-7-17-9-12(13)8-14(18)22-16(3,4)5/h8,11,13,17H,6-7,9-10H2,1-5H3/b12-8+. The fourth-order valence-electron chi connectivity index (χ4n) is 1.97. The molecular weight excluding hydrogens is 318 g/mol. The zero-order chi connectivity index (χ0) is 17.5. The van der Waals surface area contributed by atoms with E-state index < -0.39 is 11.8 Å². The van der Waals surface area contributed by atoms with Gasteiger partial charge in [0, 0.05) is 17.9 Å². The SMILES string of the molecule is CC(C)OC(=O)OCSC1CCNC/C1=C\C(=O)OC(C)(C)C.